The summed E-state index contributed by atoms with van der Waals surface area (Å²) in [5.41, 5.74) is 0.780. The highest BCUT2D eigenvalue weighted by atomic mass is 16.2. The maximum absolute atomic E-state index is 11.8. The molecule has 2 heterocycles. The number of carbonyl (C=O) groups is 2. The molecule has 1 N–H and O–H groups in total. The predicted octanol–water partition coefficient (Wildman–Crippen LogP) is 0.650. The fraction of sp³-hybridized carbons (Fsp3) is 0.200. The van der Waals surface area contributed by atoms with Crippen LogP contribution in [0.1, 0.15) is 6.42 Å². The van der Waals surface area contributed by atoms with E-state index in [1.54, 1.807) is 0 Å². The molecule has 0 spiro atoms. The first-order valence-electron chi connectivity index (χ1n) is 4.95. The molecule has 0 saturated carbocycles. The van der Waals surface area contributed by atoms with Gasteiger partial charge in [0.05, 0.1) is 24.1 Å². The Balaban J connectivity index is 1.96. The molecule has 3 aliphatic rings. The summed E-state index contributed by atoms with van der Waals surface area (Å²) in [6.45, 7) is 0. The fourth-order valence-corrected chi connectivity index (χ4v) is 1.95. The highest BCUT2D eigenvalue weighted by molar-refractivity contribution is 5.86. The minimum atomic E-state index is -0.453. The normalized spacial score (nSPS) is 26.8. The molecular weight excluding hydrogens is 208 g/mol. The third-order valence-corrected chi connectivity index (χ3v) is 2.67. The van der Waals surface area contributed by atoms with Crippen LogP contribution >= 0.6 is 0 Å². The topological polar surface area (TPSA) is 66.8 Å². The van der Waals surface area contributed by atoms with Gasteiger partial charge in [-0.2, -0.15) is 15.3 Å². The van der Waals surface area contributed by atoms with Crippen LogP contribution in [-0.2, 0) is 0 Å². The summed E-state index contributed by atoms with van der Waals surface area (Å²) >= 11 is 0. The Bertz CT molecular complexity index is 452. The van der Waals surface area contributed by atoms with Crippen molar-refractivity contribution < 1.29 is 9.59 Å². The van der Waals surface area contributed by atoms with Gasteiger partial charge < -0.3 is 5.32 Å². The molecule has 0 bridgehead atoms. The average molecular weight is 217 g/mol. The zero-order valence-corrected chi connectivity index (χ0v) is 8.33. The first kappa shape index (κ1) is 9.02. The molecule has 1 atom stereocenters. The Labute approximate surface area is 91.8 Å². The quantitative estimate of drug-likeness (QED) is 0.700. The second kappa shape index (κ2) is 3.13. The number of allylic oxidation sites excluding steroid dienone is 2. The van der Waals surface area contributed by atoms with E-state index in [0.717, 1.165) is 12.1 Å². The SMILES string of the molecule is O=C1[N]C=CN1N1C(=O)NC2CC=CC=C21. The summed E-state index contributed by atoms with van der Waals surface area (Å²) < 4.78 is 0. The van der Waals surface area contributed by atoms with Crippen molar-refractivity contribution in [3.05, 3.63) is 36.3 Å². The van der Waals surface area contributed by atoms with Crippen LogP contribution in [0.4, 0.5) is 9.59 Å². The van der Waals surface area contributed by atoms with Crippen LogP contribution < -0.4 is 10.6 Å². The molecule has 3 rings (SSSR count). The van der Waals surface area contributed by atoms with Crippen LogP contribution in [0.3, 0.4) is 0 Å². The molecule has 1 fully saturated rings. The maximum Gasteiger partial charge on any atom is 0.367 e. The van der Waals surface area contributed by atoms with E-state index in [1.807, 2.05) is 18.2 Å². The summed E-state index contributed by atoms with van der Waals surface area (Å²) in [6.07, 6.45) is 9.28. The van der Waals surface area contributed by atoms with Gasteiger partial charge in [0.25, 0.3) is 0 Å². The largest absolute Gasteiger partial charge is 0.367 e. The van der Waals surface area contributed by atoms with Crippen molar-refractivity contribution in [2.24, 2.45) is 0 Å². The maximum atomic E-state index is 11.8. The number of amides is 4. The highest BCUT2D eigenvalue weighted by Crippen LogP contribution is 2.26. The minimum absolute atomic E-state index is 0.0423. The number of urea groups is 2. The Morgan fingerprint density at radius 1 is 1.44 bits per heavy atom. The molecule has 6 heteroatoms. The van der Waals surface area contributed by atoms with E-state index in [2.05, 4.69) is 10.6 Å². The number of hydrogen-bond donors (Lipinski definition) is 1. The molecule has 0 aromatic heterocycles. The first-order valence-corrected chi connectivity index (χ1v) is 4.95. The Kier molecular flexibility index (Phi) is 1.76. The van der Waals surface area contributed by atoms with Crippen LogP contribution in [0.15, 0.2) is 36.3 Å². The van der Waals surface area contributed by atoms with Gasteiger partial charge in [-0.3, -0.25) is 0 Å². The highest BCUT2D eigenvalue weighted by Gasteiger charge is 2.40. The number of hydrogen-bond acceptors (Lipinski definition) is 2. The predicted molar refractivity (Wildman–Crippen MR) is 54.5 cm³/mol. The monoisotopic (exact) mass is 217 g/mol. The third kappa shape index (κ3) is 1.13. The zero-order chi connectivity index (χ0) is 11.1. The van der Waals surface area contributed by atoms with Crippen molar-refractivity contribution in [2.45, 2.75) is 12.5 Å². The van der Waals surface area contributed by atoms with Gasteiger partial charge in [-0.25, -0.2) is 9.59 Å². The number of fused-ring (bicyclic) bond motifs is 1. The van der Waals surface area contributed by atoms with E-state index < -0.39 is 6.03 Å². The van der Waals surface area contributed by atoms with Crippen LogP contribution in [0.25, 0.3) is 0 Å². The van der Waals surface area contributed by atoms with Gasteiger partial charge in [0.15, 0.2) is 0 Å². The van der Waals surface area contributed by atoms with Crippen LogP contribution in [-0.4, -0.2) is 28.1 Å². The summed E-state index contributed by atoms with van der Waals surface area (Å²) in [5, 5.41) is 8.91. The molecule has 6 nitrogen and oxygen atoms in total. The molecule has 2 aliphatic heterocycles. The minimum Gasteiger partial charge on any atom is -0.328 e. The Hall–Kier alpha value is -2.24. The number of carbonyl (C=O) groups excluding carboxylic acids is 2. The van der Waals surface area contributed by atoms with Crippen molar-refractivity contribution in [3.63, 3.8) is 0 Å². The summed E-state index contributed by atoms with van der Waals surface area (Å²) in [4.78, 5) is 23.2. The summed E-state index contributed by atoms with van der Waals surface area (Å²) in [6, 6.07) is -0.791. The van der Waals surface area contributed by atoms with Crippen LogP contribution in [0, 0.1) is 0 Å². The first-order chi connectivity index (χ1) is 7.77. The van der Waals surface area contributed by atoms with Crippen LogP contribution in [0.5, 0.6) is 0 Å². The van der Waals surface area contributed by atoms with E-state index in [4.69, 9.17) is 0 Å². The lowest BCUT2D eigenvalue weighted by Crippen LogP contribution is -2.43. The van der Waals surface area contributed by atoms with E-state index >= 15 is 0 Å². The number of nitrogens with zero attached hydrogens (tertiary/aromatic N) is 3. The lowest BCUT2D eigenvalue weighted by Gasteiger charge is -2.25. The molecule has 4 amide bonds. The summed E-state index contributed by atoms with van der Waals surface area (Å²) in [7, 11) is 0. The third-order valence-electron chi connectivity index (χ3n) is 2.67. The van der Waals surface area contributed by atoms with Crippen LogP contribution in [0.2, 0.25) is 0 Å². The molecular formula is C10H9N4O2. The van der Waals surface area contributed by atoms with Crippen molar-refractivity contribution in [1.82, 2.24) is 20.7 Å². The van der Waals surface area contributed by atoms with Gasteiger partial charge in [0, 0.05) is 0 Å². The second-order valence-corrected chi connectivity index (χ2v) is 3.62. The van der Waals surface area contributed by atoms with Gasteiger partial charge >= 0.3 is 12.1 Å². The Morgan fingerprint density at radius 2 is 2.31 bits per heavy atom. The molecule has 1 aliphatic carbocycles. The molecule has 0 aromatic rings. The second-order valence-electron chi connectivity index (χ2n) is 3.62. The van der Waals surface area contributed by atoms with Crippen molar-refractivity contribution >= 4 is 12.1 Å². The van der Waals surface area contributed by atoms with E-state index in [0.29, 0.717) is 0 Å². The molecule has 1 radical (unpaired) electrons. The average Bonchev–Trinajstić information content (AvgIpc) is 2.81. The van der Waals surface area contributed by atoms with Gasteiger partial charge in [-0.15, -0.1) is 0 Å². The van der Waals surface area contributed by atoms with Crippen molar-refractivity contribution in [2.75, 3.05) is 0 Å². The standard InChI is InChI=1S/C10H9N4O2/c15-9-11-5-6-13(9)14-8-4-2-1-3-7(8)12-10(14)16/h1-2,4-7H,3H2,(H,12,16). The molecule has 81 valence electrons. The van der Waals surface area contributed by atoms with Crippen molar-refractivity contribution in [1.29, 1.82) is 0 Å². The molecule has 1 unspecified atom stereocenters. The van der Waals surface area contributed by atoms with E-state index in [1.165, 1.54) is 22.4 Å². The van der Waals surface area contributed by atoms with E-state index in [-0.39, 0.29) is 12.1 Å². The zero-order valence-electron chi connectivity index (χ0n) is 8.33. The molecule has 1 saturated heterocycles. The molecule has 16 heavy (non-hydrogen) atoms. The van der Waals surface area contributed by atoms with Gasteiger partial charge in [0.1, 0.15) is 0 Å². The van der Waals surface area contributed by atoms with Crippen molar-refractivity contribution in [3.8, 4) is 0 Å². The smallest absolute Gasteiger partial charge is 0.328 e. The fourth-order valence-electron chi connectivity index (χ4n) is 1.95. The van der Waals surface area contributed by atoms with Gasteiger partial charge in [-0.05, 0) is 12.5 Å². The molecule has 0 aromatic carbocycles. The summed E-state index contributed by atoms with van der Waals surface area (Å²) in [5.74, 6) is 0. The Morgan fingerprint density at radius 3 is 3.06 bits per heavy atom. The van der Waals surface area contributed by atoms with Gasteiger partial charge in [-0.1, -0.05) is 12.2 Å². The number of rotatable bonds is 1. The lowest BCUT2D eigenvalue weighted by molar-refractivity contribution is 0.127. The number of nitrogens with one attached hydrogen (secondary N) is 1. The van der Waals surface area contributed by atoms with Gasteiger partial charge in [0.2, 0.25) is 0 Å². The number of hydrazine groups is 1. The van der Waals surface area contributed by atoms with E-state index in [9.17, 15) is 9.59 Å². The lowest BCUT2D eigenvalue weighted by atomic mass is 10.1.